The van der Waals surface area contributed by atoms with Gasteiger partial charge in [-0.3, -0.25) is 9.59 Å². The number of hydrogen-bond acceptors (Lipinski definition) is 4. The molecule has 0 atom stereocenters. The highest BCUT2D eigenvalue weighted by atomic mass is 16.5. The summed E-state index contributed by atoms with van der Waals surface area (Å²) >= 11 is 0. The molecule has 0 aromatic heterocycles. The number of ether oxygens (including phenoxy) is 1. The fourth-order valence-corrected chi connectivity index (χ4v) is 2.23. The molecule has 0 aromatic rings. The van der Waals surface area contributed by atoms with E-state index in [4.69, 9.17) is 0 Å². The number of hydrogen-bond donors (Lipinski definition) is 3. The van der Waals surface area contributed by atoms with Crippen molar-refractivity contribution in [3.8, 4) is 0 Å². The Morgan fingerprint density at radius 1 is 0.792 bits per heavy atom. The molecule has 0 aliphatic rings. The van der Waals surface area contributed by atoms with Crippen LogP contribution in [0, 0.1) is 0 Å². The standard InChI is InChI=1S/C17H33N3O4/c1-3-18-17(23)19-13-11-9-7-5-4-6-8-10-12-15(21)20-14-16(22)24-2/h3-14H2,1-2H3,(H,20,21)(H2,18,19,23). The van der Waals surface area contributed by atoms with E-state index in [0.29, 0.717) is 13.0 Å². The Balaban J connectivity index is 3.24. The van der Waals surface area contributed by atoms with Gasteiger partial charge in [-0.05, 0) is 19.8 Å². The highest BCUT2D eigenvalue weighted by Crippen LogP contribution is 2.09. The van der Waals surface area contributed by atoms with Crippen molar-refractivity contribution in [2.24, 2.45) is 0 Å². The summed E-state index contributed by atoms with van der Waals surface area (Å²) in [6, 6.07) is -0.0897. The number of rotatable bonds is 14. The molecule has 7 nitrogen and oxygen atoms in total. The minimum atomic E-state index is -0.426. The van der Waals surface area contributed by atoms with Gasteiger partial charge in [0.1, 0.15) is 6.54 Å². The van der Waals surface area contributed by atoms with Crippen LogP contribution in [0.1, 0.15) is 64.7 Å². The largest absolute Gasteiger partial charge is 0.468 e. The molecule has 0 saturated heterocycles. The average molecular weight is 343 g/mol. The van der Waals surface area contributed by atoms with E-state index in [1.807, 2.05) is 6.92 Å². The fourth-order valence-electron chi connectivity index (χ4n) is 2.23. The number of amides is 3. The zero-order chi connectivity index (χ0) is 18.0. The van der Waals surface area contributed by atoms with E-state index >= 15 is 0 Å². The van der Waals surface area contributed by atoms with E-state index in [1.54, 1.807) is 0 Å². The van der Waals surface area contributed by atoms with Crippen LogP contribution in [0.25, 0.3) is 0 Å². The zero-order valence-corrected chi connectivity index (χ0v) is 15.1. The van der Waals surface area contributed by atoms with Crippen molar-refractivity contribution in [3.05, 3.63) is 0 Å². The molecule has 0 heterocycles. The molecule has 140 valence electrons. The SMILES string of the molecule is CCNC(=O)NCCCCCCCCCCC(=O)NCC(=O)OC. The molecule has 0 aliphatic carbocycles. The van der Waals surface area contributed by atoms with Crippen LogP contribution in [-0.2, 0) is 14.3 Å². The van der Waals surface area contributed by atoms with Crippen molar-refractivity contribution in [1.82, 2.24) is 16.0 Å². The lowest BCUT2D eigenvalue weighted by atomic mass is 10.1. The molecule has 3 amide bonds. The molecule has 0 fully saturated rings. The van der Waals surface area contributed by atoms with Gasteiger partial charge in [-0.25, -0.2) is 4.79 Å². The van der Waals surface area contributed by atoms with Crippen molar-refractivity contribution in [2.45, 2.75) is 64.7 Å². The molecule has 0 aliphatic heterocycles. The summed E-state index contributed by atoms with van der Waals surface area (Å²) in [4.78, 5) is 33.4. The third-order valence-electron chi connectivity index (χ3n) is 3.61. The van der Waals surface area contributed by atoms with Crippen LogP contribution >= 0.6 is 0 Å². The smallest absolute Gasteiger partial charge is 0.325 e. The van der Waals surface area contributed by atoms with Crippen molar-refractivity contribution in [3.63, 3.8) is 0 Å². The van der Waals surface area contributed by atoms with Gasteiger partial charge in [0.2, 0.25) is 5.91 Å². The lowest BCUT2D eigenvalue weighted by molar-refractivity contribution is -0.141. The third kappa shape index (κ3) is 15.1. The van der Waals surface area contributed by atoms with Gasteiger partial charge in [-0.15, -0.1) is 0 Å². The monoisotopic (exact) mass is 343 g/mol. The maximum Gasteiger partial charge on any atom is 0.325 e. The Morgan fingerprint density at radius 2 is 1.38 bits per heavy atom. The Hall–Kier alpha value is -1.79. The first kappa shape index (κ1) is 22.2. The van der Waals surface area contributed by atoms with Gasteiger partial charge >= 0.3 is 12.0 Å². The molecular weight excluding hydrogens is 310 g/mol. The summed E-state index contributed by atoms with van der Waals surface area (Å²) in [5, 5.41) is 8.05. The summed E-state index contributed by atoms with van der Waals surface area (Å²) in [5.41, 5.74) is 0. The van der Waals surface area contributed by atoms with Crippen LogP contribution in [0.5, 0.6) is 0 Å². The van der Waals surface area contributed by atoms with Crippen LogP contribution in [0.15, 0.2) is 0 Å². The van der Waals surface area contributed by atoms with Gasteiger partial charge < -0.3 is 20.7 Å². The summed E-state index contributed by atoms with van der Waals surface area (Å²) in [7, 11) is 1.30. The number of nitrogens with one attached hydrogen (secondary N) is 3. The van der Waals surface area contributed by atoms with Crippen molar-refractivity contribution >= 4 is 17.9 Å². The third-order valence-corrected chi connectivity index (χ3v) is 3.61. The average Bonchev–Trinajstić information content (AvgIpc) is 2.57. The van der Waals surface area contributed by atoms with E-state index in [1.165, 1.54) is 26.4 Å². The number of urea groups is 1. The predicted octanol–water partition coefficient (Wildman–Crippen LogP) is 2.11. The van der Waals surface area contributed by atoms with E-state index < -0.39 is 5.97 Å². The minimum absolute atomic E-state index is 0.0513. The van der Waals surface area contributed by atoms with Gasteiger partial charge in [0.25, 0.3) is 0 Å². The van der Waals surface area contributed by atoms with E-state index in [9.17, 15) is 14.4 Å². The highest BCUT2D eigenvalue weighted by molar-refractivity contribution is 5.81. The first-order chi connectivity index (χ1) is 11.6. The van der Waals surface area contributed by atoms with Gasteiger partial charge in [0, 0.05) is 19.5 Å². The molecule has 7 heteroatoms. The second kappa shape index (κ2) is 16.1. The number of carbonyl (C=O) groups excluding carboxylic acids is 3. The quantitative estimate of drug-likeness (QED) is 0.332. The normalized spacial score (nSPS) is 10.1. The molecule has 0 bridgehead atoms. The first-order valence-electron chi connectivity index (χ1n) is 8.95. The number of unbranched alkanes of at least 4 members (excludes halogenated alkanes) is 7. The van der Waals surface area contributed by atoms with Crippen molar-refractivity contribution in [2.75, 3.05) is 26.7 Å². The van der Waals surface area contributed by atoms with Gasteiger partial charge in [0.15, 0.2) is 0 Å². The molecule has 0 radical (unpaired) electrons. The lowest BCUT2D eigenvalue weighted by Crippen LogP contribution is -2.35. The first-order valence-corrected chi connectivity index (χ1v) is 8.95. The van der Waals surface area contributed by atoms with Crippen LogP contribution in [0.3, 0.4) is 0 Å². The molecule has 0 saturated carbocycles. The van der Waals surface area contributed by atoms with Crippen LogP contribution < -0.4 is 16.0 Å². The maximum absolute atomic E-state index is 11.4. The molecule has 0 rings (SSSR count). The van der Waals surface area contributed by atoms with Crippen molar-refractivity contribution < 1.29 is 19.1 Å². The van der Waals surface area contributed by atoms with Gasteiger partial charge in [0.05, 0.1) is 7.11 Å². The maximum atomic E-state index is 11.4. The Labute approximate surface area is 145 Å². The van der Waals surface area contributed by atoms with E-state index in [0.717, 1.165) is 38.6 Å². The molecule has 24 heavy (non-hydrogen) atoms. The minimum Gasteiger partial charge on any atom is -0.468 e. The molecule has 0 unspecified atom stereocenters. The predicted molar refractivity (Wildman–Crippen MR) is 93.7 cm³/mol. The summed E-state index contributed by atoms with van der Waals surface area (Å²) in [6.07, 6.45) is 9.15. The Bertz CT molecular complexity index is 362. The second-order valence-corrected chi connectivity index (χ2v) is 5.72. The summed E-state index contributed by atoms with van der Waals surface area (Å²) < 4.78 is 4.45. The highest BCUT2D eigenvalue weighted by Gasteiger charge is 2.04. The Kier molecular flexibility index (Phi) is 14.9. The number of carbonyl (C=O) groups is 3. The zero-order valence-electron chi connectivity index (χ0n) is 15.1. The van der Waals surface area contributed by atoms with Gasteiger partial charge in [-0.2, -0.15) is 0 Å². The van der Waals surface area contributed by atoms with Crippen LogP contribution in [0.2, 0.25) is 0 Å². The van der Waals surface area contributed by atoms with Crippen molar-refractivity contribution in [1.29, 1.82) is 0 Å². The second-order valence-electron chi connectivity index (χ2n) is 5.72. The van der Waals surface area contributed by atoms with E-state index in [2.05, 4.69) is 20.7 Å². The van der Waals surface area contributed by atoms with Crippen LogP contribution in [-0.4, -0.2) is 44.7 Å². The molecule has 0 aromatic carbocycles. The topological polar surface area (TPSA) is 96.5 Å². The number of methoxy groups -OCH3 is 1. The number of esters is 1. The lowest BCUT2D eigenvalue weighted by Gasteiger charge is -2.06. The van der Waals surface area contributed by atoms with Gasteiger partial charge in [-0.1, -0.05) is 38.5 Å². The van der Waals surface area contributed by atoms with Crippen LogP contribution in [0.4, 0.5) is 4.79 Å². The summed E-state index contributed by atoms with van der Waals surface area (Å²) in [5.74, 6) is -0.524. The molecular formula is C17H33N3O4. The molecule has 0 spiro atoms. The van der Waals surface area contributed by atoms with E-state index in [-0.39, 0.29) is 18.5 Å². The molecule has 3 N–H and O–H groups in total. The Morgan fingerprint density at radius 3 is 1.96 bits per heavy atom. The fraction of sp³-hybridized carbons (Fsp3) is 0.824. The summed E-state index contributed by atoms with van der Waals surface area (Å²) in [6.45, 7) is 3.23.